The number of fused-ring (bicyclic) bond motifs is 3. The molecule has 0 aromatic heterocycles. The molecular weight excluding hydrogens is 272 g/mol. The third-order valence-electron chi connectivity index (χ3n) is 4.43. The van der Waals surface area contributed by atoms with E-state index in [9.17, 15) is 14.9 Å². The Labute approximate surface area is 122 Å². The van der Waals surface area contributed by atoms with Gasteiger partial charge in [0.05, 0.1) is 4.92 Å². The SMILES string of the molecule is Nc1ccc([N+](=O)[O-])c(C(=O)NC2CN3CCC2CC3)c1. The lowest BCUT2D eigenvalue weighted by Crippen LogP contribution is -2.57. The molecule has 0 radical (unpaired) electrons. The van der Waals surface area contributed by atoms with Crippen LogP contribution >= 0.6 is 0 Å². The quantitative estimate of drug-likeness (QED) is 0.491. The van der Waals surface area contributed by atoms with Crippen LogP contribution in [0.4, 0.5) is 11.4 Å². The summed E-state index contributed by atoms with van der Waals surface area (Å²) in [7, 11) is 0. The lowest BCUT2D eigenvalue weighted by molar-refractivity contribution is -0.385. The summed E-state index contributed by atoms with van der Waals surface area (Å²) in [6.45, 7) is 2.98. The van der Waals surface area contributed by atoms with Crippen LogP contribution < -0.4 is 11.1 Å². The fraction of sp³-hybridized carbons (Fsp3) is 0.500. The second-order valence-corrected chi connectivity index (χ2v) is 5.75. The van der Waals surface area contributed by atoms with Crippen LogP contribution in [0.15, 0.2) is 18.2 Å². The molecule has 0 saturated carbocycles. The number of hydrogen-bond acceptors (Lipinski definition) is 5. The Hall–Kier alpha value is -2.15. The van der Waals surface area contributed by atoms with Gasteiger partial charge in [0.2, 0.25) is 0 Å². The van der Waals surface area contributed by atoms with Gasteiger partial charge in [0.1, 0.15) is 5.56 Å². The molecule has 1 aromatic carbocycles. The zero-order valence-electron chi connectivity index (χ0n) is 11.6. The molecule has 1 atom stereocenters. The summed E-state index contributed by atoms with van der Waals surface area (Å²) < 4.78 is 0. The van der Waals surface area contributed by atoms with Crippen LogP contribution in [0, 0.1) is 16.0 Å². The number of anilines is 1. The largest absolute Gasteiger partial charge is 0.399 e. The summed E-state index contributed by atoms with van der Waals surface area (Å²) in [5.74, 6) is 0.0619. The average molecular weight is 290 g/mol. The molecule has 0 spiro atoms. The van der Waals surface area contributed by atoms with Gasteiger partial charge in [0, 0.05) is 24.3 Å². The maximum absolute atomic E-state index is 12.4. The standard InChI is InChI=1S/C14H18N4O3/c15-10-1-2-13(18(20)21)11(7-10)14(19)16-12-8-17-5-3-9(12)4-6-17/h1-2,7,9,12H,3-6,8,15H2,(H,16,19). The van der Waals surface area contributed by atoms with Gasteiger partial charge in [-0.2, -0.15) is 0 Å². The molecule has 21 heavy (non-hydrogen) atoms. The third-order valence-corrected chi connectivity index (χ3v) is 4.43. The van der Waals surface area contributed by atoms with Crippen molar-refractivity contribution in [3.63, 3.8) is 0 Å². The summed E-state index contributed by atoms with van der Waals surface area (Å²) in [6.07, 6.45) is 2.15. The Morgan fingerprint density at radius 1 is 1.38 bits per heavy atom. The number of benzene rings is 1. The molecule has 2 bridgehead atoms. The lowest BCUT2D eigenvalue weighted by atomic mass is 9.84. The van der Waals surface area contributed by atoms with Gasteiger partial charge in [-0.05, 0) is 44.0 Å². The number of nitro benzene ring substituents is 1. The number of nitrogen functional groups attached to an aromatic ring is 1. The minimum atomic E-state index is -0.551. The van der Waals surface area contributed by atoms with Crippen molar-refractivity contribution in [1.82, 2.24) is 10.2 Å². The Kier molecular flexibility index (Phi) is 3.50. The number of amides is 1. The van der Waals surface area contributed by atoms with Gasteiger partial charge in [-0.25, -0.2) is 0 Å². The van der Waals surface area contributed by atoms with E-state index in [-0.39, 0.29) is 17.3 Å². The van der Waals surface area contributed by atoms with Crippen LogP contribution in [0.5, 0.6) is 0 Å². The summed E-state index contributed by atoms with van der Waals surface area (Å²) in [4.78, 5) is 25.2. The van der Waals surface area contributed by atoms with Gasteiger partial charge < -0.3 is 16.0 Å². The number of carbonyl (C=O) groups is 1. The fourth-order valence-corrected chi connectivity index (χ4v) is 3.27. The summed E-state index contributed by atoms with van der Waals surface area (Å²) >= 11 is 0. The van der Waals surface area contributed by atoms with E-state index in [4.69, 9.17) is 5.73 Å². The smallest absolute Gasteiger partial charge is 0.282 e. The summed E-state index contributed by atoms with van der Waals surface area (Å²) in [6, 6.07) is 4.15. The molecule has 3 heterocycles. The van der Waals surface area contributed by atoms with E-state index in [2.05, 4.69) is 10.2 Å². The van der Waals surface area contributed by atoms with E-state index in [1.165, 1.54) is 18.2 Å². The monoisotopic (exact) mass is 290 g/mol. The van der Waals surface area contributed by atoms with E-state index in [1.807, 2.05) is 0 Å². The average Bonchev–Trinajstić information content (AvgIpc) is 2.48. The van der Waals surface area contributed by atoms with Gasteiger partial charge in [0.15, 0.2) is 0 Å². The normalized spacial score (nSPS) is 27.3. The van der Waals surface area contributed by atoms with Crippen LogP contribution in [0.2, 0.25) is 0 Å². The molecule has 7 heteroatoms. The first-order valence-electron chi connectivity index (χ1n) is 7.12. The van der Waals surface area contributed by atoms with Crippen molar-refractivity contribution in [3.05, 3.63) is 33.9 Å². The van der Waals surface area contributed by atoms with Crippen LogP contribution in [0.3, 0.4) is 0 Å². The van der Waals surface area contributed by atoms with Crippen molar-refractivity contribution >= 4 is 17.3 Å². The van der Waals surface area contributed by atoms with Crippen LogP contribution in [0.1, 0.15) is 23.2 Å². The Balaban J connectivity index is 1.79. The van der Waals surface area contributed by atoms with E-state index >= 15 is 0 Å². The van der Waals surface area contributed by atoms with Gasteiger partial charge in [-0.15, -0.1) is 0 Å². The van der Waals surface area contributed by atoms with Crippen molar-refractivity contribution in [2.24, 2.45) is 5.92 Å². The maximum atomic E-state index is 12.4. The molecule has 3 aliphatic rings. The second kappa shape index (κ2) is 5.33. The number of hydrogen-bond donors (Lipinski definition) is 2. The first-order valence-corrected chi connectivity index (χ1v) is 7.12. The van der Waals surface area contributed by atoms with Crippen molar-refractivity contribution in [2.45, 2.75) is 18.9 Å². The highest BCUT2D eigenvalue weighted by Crippen LogP contribution is 2.28. The molecule has 0 aliphatic carbocycles. The van der Waals surface area contributed by atoms with E-state index in [0.29, 0.717) is 11.6 Å². The number of nitrogens with two attached hydrogens (primary N) is 1. The Bertz CT molecular complexity index is 582. The molecule has 3 saturated heterocycles. The van der Waals surface area contributed by atoms with Gasteiger partial charge in [-0.3, -0.25) is 14.9 Å². The highest BCUT2D eigenvalue weighted by Gasteiger charge is 2.35. The first-order chi connectivity index (χ1) is 10.0. The second-order valence-electron chi connectivity index (χ2n) is 5.75. The number of piperidine rings is 3. The lowest BCUT2D eigenvalue weighted by Gasteiger charge is -2.44. The number of nitro groups is 1. The molecule has 1 unspecified atom stereocenters. The summed E-state index contributed by atoms with van der Waals surface area (Å²) in [5.41, 5.74) is 5.83. The first kappa shape index (κ1) is 13.8. The zero-order valence-corrected chi connectivity index (χ0v) is 11.6. The van der Waals surface area contributed by atoms with E-state index in [1.54, 1.807) is 0 Å². The predicted molar refractivity (Wildman–Crippen MR) is 77.9 cm³/mol. The zero-order chi connectivity index (χ0) is 15.0. The molecule has 3 fully saturated rings. The Morgan fingerprint density at radius 2 is 2.10 bits per heavy atom. The van der Waals surface area contributed by atoms with Crippen molar-refractivity contribution < 1.29 is 9.72 Å². The Morgan fingerprint density at radius 3 is 2.67 bits per heavy atom. The van der Waals surface area contributed by atoms with Crippen LogP contribution in [-0.4, -0.2) is 41.4 Å². The molecular formula is C14H18N4O3. The minimum Gasteiger partial charge on any atom is -0.399 e. The van der Waals surface area contributed by atoms with Crippen molar-refractivity contribution in [2.75, 3.05) is 25.4 Å². The van der Waals surface area contributed by atoms with Gasteiger partial charge in [0.25, 0.3) is 11.6 Å². The van der Waals surface area contributed by atoms with Gasteiger partial charge >= 0.3 is 0 Å². The maximum Gasteiger partial charge on any atom is 0.282 e. The molecule has 1 aromatic rings. The van der Waals surface area contributed by atoms with Crippen molar-refractivity contribution in [3.8, 4) is 0 Å². The highest BCUT2D eigenvalue weighted by molar-refractivity contribution is 5.99. The molecule has 3 N–H and O–H groups in total. The number of rotatable bonds is 3. The van der Waals surface area contributed by atoms with Crippen LogP contribution in [-0.2, 0) is 0 Å². The third kappa shape index (κ3) is 2.69. The molecule has 4 rings (SSSR count). The molecule has 1 amide bonds. The van der Waals surface area contributed by atoms with Crippen LogP contribution in [0.25, 0.3) is 0 Å². The predicted octanol–water partition coefficient (Wildman–Crippen LogP) is 1.00. The van der Waals surface area contributed by atoms with E-state index in [0.717, 1.165) is 32.5 Å². The van der Waals surface area contributed by atoms with Crippen molar-refractivity contribution in [1.29, 1.82) is 0 Å². The fourth-order valence-electron chi connectivity index (χ4n) is 3.27. The molecule has 3 aliphatic heterocycles. The summed E-state index contributed by atoms with van der Waals surface area (Å²) in [5, 5.41) is 14.0. The number of nitrogens with zero attached hydrogens (tertiary/aromatic N) is 2. The topological polar surface area (TPSA) is 101 Å². The molecule has 112 valence electrons. The minimum absolute atomic E-state index is 0.0384. The highest BCUT2D eigenvalue weighted by atomic mass is 16.6. The van der Waals surface area contributed by atoms with E-state index < -0.39 is 10.8 Å². The van der Waals surface area contributed by atoms with Gasteiger partial charge in [-0.1, -0.05) is 0 Å². The number of nitrogens with one attached hydrogen (secondary N) is 1. The molecule has 7 nitrogen and oxygen atoms in total. The number of carbonyl (C=O) groups excluding carboxylic acids is 1.